The molecule has 0 N–H and O–H groups in total. The first-order valence-electron chi connectivity index (χ1n) is 10.5. The van der Waals surface area contributed by atoms with Crippen LogP contribution in [-0.4, -0.2) is 4.98 Å². The SMILES string of the molecule is C=C(C)c1c(S)ccc2sc3ccnc(-c4cc(C(C)(C)C)c5ccccc5c4)c3c12. The fourth-order valence-corrected chi connectivity index (χ4v) is 6.00. The van der Waals surface area contributed by atoms with Crippen molar-refractivity contribution in [3.63, 3.8) is 0 Å². The van der Waals surface area contributed by atoms with Crippen LogP contribution in [0, 0.1) is 0 Å². The Hall–Kier alpha value is -2.62. The molecule has 2 aromatic heterocycles. The van der Waals surface area contributed by atoms with Crippen LogP contribution in [-0.2, 0) is 5.41 Å². The first kappa shape index (κ1) is 20.3. The summed E-state index contributed by atoms with van der Waals surface area (Å²) >= 11 is 6.57. The minimum absolute atomic E-state index is 0.0291. The van der Waals surface area contributed by atoms with E-state index in [2.05, 4.69) is 88.9 Å². The highest BCUT2D eigenvalue weighted by Crippen LogP contribution is 2.44. The molecule has 0 aliphatic heterocycles. The second-order valence-corrected chi connectivity index (χ2v) is 10.8. The van der Waals surface area contributed by atoms with Gasteiger partial charge in [-0.2, -0.15) is 0 Å². The molecular weight excluding hydrogens is 414 g/mol. The average molecular weight is 440 g/mol. The van der Waals surface area contributed by atoms with E-state index in [0.29, 0.717) is 0 Å². The van der Waals surface area contributed by atoms with E-state index in [1.807, 2.05) is 17.5 Å². The lowest BCUT2D eigenvalue weighted by Crippen LogP contribution is -2.12. The monoisotopic (exact) mass is 439 g/mol. The third-order valence-electron chi connectivity index (χ3n) is 5.90. The van der Waals surface area contributed by atoms with Gasteiger partial charge in [-0.1, -0.05) is 51.6 Å². The number of hydrogen-bond donors (Lipinski definition) is 1. The molecule has 0 aliphatic rings. The zero-order valence-electron chi connectivity index (χ0n) is 18.3. The van der Waals surface area contributed by atoms with Gasteiger partial charge in [-0.3, -0.25) is 4.98 Å². The zero-order chi connectivity index (χ0) is 21.9. The smallest absolute Gasteiger partial charge is 0.0795 e. The van der Waals surface area contributed by atoms with Crippen molar-refractivity contribution in [3.05, 3.63) is 78.5 Å². The molecule has 0 radical (unpaired) electrons. The summed E-state index contributed by atoms with van der Waals surface area (Å²) in [7, 11) is 0. The standard InChI is InChI=1S/C28H25NS2/c1-16(2)24-21(30)10-11-22-25(24)26-23(31-22)12-13-29-27(26)18-14-17-8-6-7-9-19(17)20(15-18)28(3,4)5/h6-15,30H,1H2,2-5H3. The van der Waals surface area contributed by atoms with Gasteiger partial charge in [-0.05, 0) is 70.1 Å². The van der Waals surface area contributed by atoms with Crippen LogP contribution in [0.4, 0.5) is 0 Å². The van der Waals surface area contributed by atoms with E-state index in [9.17, 15) is 0 Å². The van der Waals surface area contributed by atoms with Crippen molar-refractivity contribution in [1.82, 2.24) is 4.98 Å². The topological polar surface area (TPSA) is 12.9 Å². The first-order valence-corrected chi connectivity index (χ1v) is 11.7. The van der Waals surface area contributed by atoms with Gasteiger partial charge in [0.25, 0.3) is 0 Å². The van der Waals surface area contributed by atoms with Crippen LogP contribution in [0.25, 0.3) is 47.8 Å². The Morgan fingerprint density at radius 2 is 1.71 bits per heavy atom. The number of fused-ring (bicyclic) bond motifs is 4. The van der Waals surface area contributed by atoms with E-state index >= 15 is 0 Å². The Balaban J connectivity index is 1.94. The molecule has 154 valence electrons. The highest BCUT2D eigenvalue weighted by Gasteiger charge is 2.21. The van der Waals surface area contributed by atoms with Crippen molar-refractivity contribution < 1.29 is 0 Å². The van der Waals surface area contributed by atoms with Gasteiger partial charge in [-0.15, -0.1) is 24.0 Å². The Kier molecular flexibility index (Phi) is 4.72. The average Bonchev–Trinajstić information content (AvgIpc) is 3.10. The van der Waals surface area contributed by atoms with Crippen LogP contribution < -0.4 is 0 Å². The summed E-state index contributed by atoms with van der Waals surface area (Å²) in [5, 5.41) is 4.97. The minimum atomic E-state index is 0.0291. The predicted octanol–water partition coefficient (Wildman–Crippen LogP) is 8.89. The number of rotatable bonds is 2. The molecule has 0 saturated carbocycles. The van der Waals surface area contributed by atoms with Gasteiger partial charge >= 0.3 is 0 Å². The second-order valence-electron chi connectivity index (χ2n) is 9.24. The number of pyridine rings is 1. The highest BCUT2D eigenvalue weighted by molar-refractivity contribution is 7.80. The van der Waals surface area contributed by atoms with Crippen LogP contribution >= 0.6 is 24.0 Å². The van der Waals surface area contributed by atoms with Gasteiger partial charge in [0.1, 0.15) is 0 Å². The third-order valence-corrected chi connectivity index (χ3v) is 7.39. The molecule has 0 amide bonds. The highest BCUT2D eigenvalue weighted by atomic mass is 32.1. The molecule has 0 fully saturated rings. The number of aromatic nitrogens is 1. The van der Waals surface area contributed by atoms with E-state index in [4.69, 9.17) is 17.6 Å². The summed E-state index contributed by atoms with van der Waals surface area (Å²) in [6, 6.07) is 19.6. The number of thiophene rings is 1. The van der Waals surface area contributed by atoms with Crippen molar-refractivity contribution in [3.8, 4) is 11.3 Å². The van der Waals surface area contributed by atoms with Gasteiger partial charge < -0.3 is 0 Å². The van der Waals surface area contributed by atoms with Crippen molar-refractivity contribution >= 4 is 60.5 Å². The maximum Gasteiger partial charge on any atom is 0.0795 e. The predicted molar refractivity (Wildman–Crippen MR) is 141 cm³/mol. The van der Waals surface area contributed by atoms with Crippen LogP contribution in [0.15, 0.2) is 72.3 Å². The van der Waals surface area contributed by atoms with Crippen LogP contribution in [0.3, 0.4) is 0 Å². The van der Waals surface area contributed by atoms with E-state index in [1.54, 1.807) is 0 Å². The maximum atomic E-state index is 4.91. The molecule has 31 heavy (non-hydrogen) atoms. The van der Waals surface area contributed by atoms with Crippen LogP contribution in [0.5, 0.6) is 0 Å². The van der Waals surface area contributed by atoms with E-state index in [1.165, 1.54) is 36.5 Å². The summed E-state index contributed by atoms with van der Waals surface area (Å²) in [4.78, 5) is 5.87. The van der Waals surface area contributed by atoms with Crippen molar-refractivity contribution in [2.45, 2.75) is 38.0 Å². The molecule has 0 atom stereocenters. The van der Waals surface area contributed by atoms with E-state index in [0.717, 1.165) is 27.3 Å². The van der Waals surface area contributed by atoms with Gasteiger partial charge in [0.2, 0.25) is 0 Å². The molecule has 0 unspecified atom stereocenters. The van der Waals surface area contributed by atoms with Gasteiger partial charge in [-0.25, -0.2) is 0 Å². The van der Waals surface area contributed by atoms with E-state index in [-0.39, 0.29) is 5.41 Å². The molecule has 0 bridgehead atoms. The molecule has 0 saturated heterocycles. The maximum absolute atomic E-state index is 4.91. The number of hydrogen-bond acceptors (Lipinski definition) is 3. The summed E-state index contributed by atoms with van der Waals surface area (Å²) in [5.74, 6) is 0. The summed E-state index contributed by atoms with van der Waals surface area (Å²) in [6.07, 6.45) is 1.93. The van der Waals surface area contributed by atoms with Gasteiger partial charge in [0, 0.05) is 36.8 Å². The van der Waals surface area contributed by atoms with Crippen molar-refractivity contribution in [1.29, 1.82) is 0 Å². The molecule has 5 aromatic rings. The summed E-state index contributed by atoms with van der Waals surface area (Å²) in [6.45, 7) is 13.1. The van der Waals surface area contributed by atoms with Gasteiger partial charge in [0.15, 0.2) is 0 Å². The van der Waals surface area contributed by atoms with Crippen molar-refractivity contribution in [2.24, 2.45) is 0 Å². The number of nitrogens with zero attached hydrogens (tertiary/aromatic N) is 1. The first-order chi connectivity index (χ1) is 14.8. The van der Waals surface area contributed by atoms with Crippen LogP contribution in [0.1, 0.15) is 38.8 Å². The van der Waals surface area contributed by atoms with Crippen molar-refractivity contribution in [2.75, 3.05) is 0 Å². The Morgan fingerprint density at radius 3 is 2.45 bits per heavy atom. The molecule has 1 nitrogen and oxygen atoms in total. The number of allylic oxidation sites excluding steroid dienone is 1. The molecule has 5 rings (SSSR count). The van der Waals surface area contributed by atoms with Crippen LogP contribution in [0.2, 0.25) is 0 Å². The van der Waals surface area contributed by atoms with E-state index < -0.39 is 0 Å². The molecule has 0 aliphatic carbocycles. The normalized spacial score (nSPS) is 12.2. The fourth-order valence-electron chi connectivity index (χ4n) is 4.51. The quantitative estimate of drug-likeness (QED) is 0.271. The number of thiol groups is 1. The zero-order valence-corrected chi connectivity index (χ0v) is 20.0. The Bertz CT molecular complexity index is 1500. The molecular formula is C28H25NS2. The third kappa shape index (κ3) is 3.28. The minimum Gasteiger partial charge on any atom is -0.256 e. The lowest BCUT2D eigenvalue weighted by atomic mass is 9.82. The molecule has 2 heterocycles. The number of benzene rings is 3. The second kappa shape index (κ2) is 7.22. The fraction of sp³-hybridized carbons (Fsp3) is 0.179. The molecule has 3 aromatic carbocycles. The Labute approximate surface area is 192 Å². The lowest BCUT2D eigenvalue weighted by molar-refractivity contribution is 0.596. The molecule has 3 heteroatoms. The summed E-state index contributed by atoms with van der Waals surface area (Å²) < 4.78 is 2.49. The molecule has 0 spiro atoms. The Morgan fingerprint density at radius 1 is 0.968 bits per heavy atom. The largest absolute Gasteiger partial charge is 0.256 e. The lowest BCUT2D eigenvalue weighted by Gasteiger charge is -2.23. The van der Waals surface area contributed by atoms with Gasteiger partial charge in [0.05, 0.1) is 5.69 Å². The summed E-state index contributed by atoms with van der Waals surface area (Å²) in [5.41, 5.74) is 5.71.